The first-order chi connectivity index (χ1) is 11.1. The molecule has 2 rings (SSSR count). The van der Waals surface area contributed by atoms with Crippen LogP contribution in [0.3, 0.4) is 0 Å². The van der Waals surface area contributed by atoms with Crippen LogP contribution in [-0.2, 0) is 4.79 Å². The number of carbonyl (C=O) groups excluding carboxylic acids is 1. The fourth-order valence-corrected chi connectivity index (χ4v) is 2.34. The molecule has 23 heavy (non-hydrogen) atoms. The number of aryl methyl sites for hydroxylation is 2. The van der Waals surface area contributed by atoms with Crippen molar-refractivity contribution in [2.45, 2.75) is 32.7 Å². The van der Waals surface area contributed by atoms with Gasteiger partial charge in [-0.1, -0.05) is 17.7 Å². The molecule has 1 amide bonds. The fraction of sp³-hybridized carbons (Fsp3) is 0.389. The molecule has 0 saturated carbocycles. The van der Waals surface area contributed by atoms with Crippen LogP contribution in [0, 0.1) is 13.8 Å². The summed E-state index contributed by atoms with van der Waals surface area (Å²) < 4.78 is 10.9. The number of carbonyl (C=O) groups is 1. The summed E-state index contributed by atoms with van der Waals surface area (Å²) in [6.45, 7) is 4.32. The lowest BCUT2D eigenvalue weighted by molar-refractivity contribution is -0.122. The number of aliphatic hydroxyl groups is 1. The molecule has 1 heterocycles. The predicted octanol–water partition coefficient (Wildman–Crippen LogP) is 2.91. The predicted molar refractivity (Wildman–Crippen MR) is 87.3 cm³/mol. The summed E-state index contributed by atoms with van der Waals surface area (Å²) >= 11 is 0. The molecule has 0 bridgehead atoms. The number of rotatable bonds is 8. The Bertz CT molecular complexity index is 622. The maximum atomic E-state index is 11.9. The van der Waals surface area contributed by atoms with E-state index in [0.717, 1.165) is 11.3 Å². The van der Waals surface area contributed by atoms with Crippen molar-refractivity contribution in [3.8, 4) is 5.75 Å². The second kappa shape index (κ2) is 8.39. The number of hydrogen-bond acceptors (Lipinski definition) is 4. The third-order valence-electron chi connectivity index (χ3n) is 3.54. The van der Waals surface area contributed by atoms with Gasteiger partial charge in [-0.15, -0.1) is 0 Å². The zero-order valence-corrected chi connectivity index (χ0v) is 13.5. The molecule has 1 aromatic heterocycles. The maximum absolute atomic E-state index is 11.9. The van der Waals surface area contributed by atoms with E-state index in [4.69, 9.17) is 9.15 Å². The Kier molecular flexibility index (Phi) is 6.23. The van der Waals surface area contributed by atoms with Gasteiger partial charge in [0.2, 0.25) is 5.91 Å². The molecule has 1 unspecified atom stereocenters. The van der Waals surface area contributed by atoms with Crippen LogP contribution < -0.4 is 10.1 Å². The Morgan fingerprint density at radius 2 is 2.17 bits per heavy atom. The molecule has 0 fully saturated rings. The van der Waals surface area contributed by atoms with Crippen molar-refractivity contribution in [1.29, 1.82) is 0 Å². The summed E-state index contributed by atoms with van der Waals surface area (Å²) in [7, 11) is 0. The molecular weight excluding hydrogens is 294 g/mol. The number of benzene rings is 1. The lowest BCUT2D eigenvalue weighted by atomic mass is 10.1. The molecule has 5 heteroatoms. The van der Waals surface area contributed by atoms with Crippen LogP contribution in [0.2, 0.25) is 0 Å². The minimum absolute atomic E-state index is 0.135. The molecule has 1 aromatic carbocycles. The van der Waals surface area contributed by atoms with Crippen LogP contribution in [-0.4, -0.2) is 24.2 Å². The van der Waals surface area contributed by atoms with E-state index in [1.165, 1.54) is 11.8 Å². The molecule has 0 aliphatic rings. The number of aliphatic hydroxyl groups excluding tert-OH is 1. The van der Waals surface area contributed by atoms with Crippen molar-refractivity contribution < 1.29 is 19.1 Å². The fourth-order valence-electron chi connectivity index (χ4n) is 2.34. The number of furan rings is 1. The van der Waals surface area contributed by atoms with Crippen LogP contribution in [0.25, 0.3) is 0 Å². The van der Waals surface area contributed by atoms with Crippen LogP contribution in [0.15, 0.2) is 41.0 Å². The molecule has 0 spiro atoms. The summed E-state index contributed by atoms with van der Waals surface area (Å²) in [6, 6.07) is 8.97. The third-order valence-corrected chi connectivity index (χ3v) is 3.54. The summed E-state index contributed by atoms with van der Waals surface area (Å²) in [6.07, 6.45) is 2.46. The van der Waals surface area contributed by atoms with Gasteiger partial charge in [-0.2, -0.15) is 0 Å². The van der Waals surface area contributed by atoms with Gasteiger partial charge in [0, 0.05) is 6.42 Å². The van der Waals surface area contributed by atoms with E-state index in [1.807, 2.05) is 26.0 Å². The van der Waals surface area contributed by atoms with Crippen molar-refractivity contribution in [2.24, 2.45) is 0 Å². The van der Waals surface area contributed by atoms with Crippen LogP contribution in [0.5, 0.6) is 5.75 Å². The normalized spacial score (nSPS) is 12.0. The highest BCUT2D eigenvalue weighted by atomic mass is 16.5. The van der Waals surface area contributed by atoms with Gasteiger partial charge in [0.1, 0.15) is 17.6 Å². The lowest BCUT2D eigenvalue weighted by Crippen LogP contribution is -2.30. The highest BCUT2D eigenvalue weighted by molar-refractivity contribution is 5.76. The van der Waals surface area contributed by atoms with Gasteiger partial charge >= 0.3 is 0 Å². The Morgan fingerprint density at radius 3 is 2.83 bits per heavy atom. The number of nitrogens with one attached hydrogen (secondary N) is 1. The molecular formula is C18H23NO4. The maximum Gasteiger partial charge on any atom is 0.220 e. The van der Waals surface area contributed by atoms with E-state index in [1.54, 1.807) is 12.1 Å². The Balaban J connectivity index is 1.72. The molecule has 1 atom stereocenters. The Hall–Kier alpha value is -2.27. The van der Waals surface area contributed by atoms with Crippen molar-refractivity contribution in [3.05, 3.63) is 53.5 Å². The average Bonchev–Trinajstić information content (AvgIpc) is 3.05. The van der Waals surface area contributed by atoms with Gasteiger partial charge in [-0.25, -0.2) is 0 Å². The standard InChI is InChI=1S/C18H23NO4/c1-13-7-8-16(14(2)11-13)22-10-4-6-18(21)19-15(12-20)17-5-3-9-23-17/h3,5,7-9,11,15,20H,4,6,10,12H2,1-2H3,(H,19,21). The van der Waals surface area contributed by atoms with Gasteiger partial charge in [0.05, 0.1) is 19.5 Å². The van der Waals surface area contributed by atoms with Crippen molar-refractivity contribution in [2.75, 3.05) is 13.2 Å². The quantitative estimate of drug-likeness (QED) is 0.734. The minimum Gasteiger partial charge on any atom is -0.493 e. The van der Waals surface area contributed by atoms with Gasteiger partial charge in [-0.3, -0.25) is 4.79 Å². The smallest absolute Gasteiger partial charge is 0.220 e. The first-order valence-electron chi connectivity index (χ1n) is 7.74. The van der Waals surface area contributed by atoms with Gasteiger partial charge < -0.3 is 19.6 Å². The Labute approximate surface area is 136 Å². The molecule has 0 radical (unpaired) electrons. The second-order valence-electron chi connectivity index (χ2n) is 5.54. The van der Waals surface area contributed by atoms with E-state index in [0.29, 0.717) is 25.2 Å². The van der Waals surface area contributed by atoms with Crippen LogP contribution >= 0.6 is 0 Å². The van der Waals surface area contributed by atoms with E-state index < -0.39 is 6.04 Å². The second-order valence-corrected chi connectivity index (χ2v) is 5.54. The average molecular weight is 317 g/mol. The third kappa shape index (κ3) is 5.14. The van der Waals surface area contributed by atoms with E-state index >= 15 is 0 Å². The molecule has 0 aliphatic carbocycles. The monoisotopic (exact) mass is 317 g/mol. The van der Waals surface area contributed by atoms with Gasteiger partial charge in [-0.05, 0) is 44.0 Å². The summed E-state index contributed by atoms with van der Waals surface area (Å²) in [4.78, 5) is 11.9. The van der Waals surface area contributed by atoms with E-state index in [9.17, 15) is 9.90 Å². The topological polar surface area (TPSA) is 71.7 Å². The first-order valence-corrected chi connectivity index (χ1v) is 7.74. The first kappa shape index (κ1) is 17.1. The number of ether oxygens (including phenoxy) is 1. The van der Waals surface area contributed by atoms with Crippen molar-refractivity contribution in [3.63, 3.8) is 0 Å². The van der Waals surface area contributed by atoms with Gasteiger partial charge in [0.15, 0.2) is 0 Å². The van der Waals surface area contributed by atoms with Crippen LogP contribution in [0.1, 0.15) is 35.8 Å². The largest absolute Gasteiger partial charge is 0.493 e. The molecule has 0 saturated heterocycles. The van der Waals surface area contributed by atoms with Crippen molar-refractivity contribution >= 4 is 5.91 Å². The highest BCUT2D eigenvalue weighted by Gasteiger charge is 2.15. The number of hydrogen-bond donors (Lipinski definition) is 2. The summed E-state index contributed by atoms with van der Waals surface area (Å²) in [5, 5.41) is 12.1. The van der Waals surface area contributed by atoms with E-state index in [-0.39, 0.29) is 12.5 Å². The Morgan fingerprint density at radius 1 is 1.35 bits per heavy atom. The van der Waals surface area contributed by atoms with E-state index in [2.05, 4.69) is 11.4 Å². The highest BCUT2D eigenvalue weighted by Crippen LogP contribution is 2.19. The zero-order chi connectivity index (χ0) is 16.7. The SMILES string of the molecule is Cc1ccc(OCCCC(=O)NC(CO)c2ccco2)c(C)c1. The lowest BCUT2D eigenvalue weighted by Gasteiger charge is -2.14. The molecule has 5 nitrogen and oxygen atoms in total. The minimum atomic E-state index is -0.502. The summed E-state index contributed by atoms with van der Waals surface area (Å²) in [5.74, 6) is 1.26. The van der Waals surface area contributed by atoms with Gasteiger partial charge in [0.25, 0.3) is 0 Å². The molecule has 2 N–H and O–H groups in total. The molecule has 2 aromatic rings. The number of amides is 1. The van der Waals surface area contributed by atoms with Crippen molar-refractivity contribution in [1.82, 2.24) is 5.32 Å². The molecule has 124 valence electrons. The molecule has 0 aliphatic heterocycles. The summed E-state index contributed by atoms with van der Waals surface area (Å²) in [5.41, 5.74) is 2.29. The zero-order valence-electron chi connectivity index (χ0n) is 13.5. The van der Waals surface area contributed by atoms with Crippen LogP contribution in [0.4, 0.5) is 0 Å².